The zero-order valence-corrected chi connectivity index (χ0v) is 9.96. The molecule has 90 valence electrons. The van der Waals surface area contributed by atoms with Gasteiger partial charge in [-0.25, -0.2) is 0 Å². The van der Waals surface area contributed by atoms with Crippen LogP contribution in [0.25, 0.3) is 5.69 Å². The molecule has 7 nitrogen and oxygen atoms in total. The maximum Gasteiger partial charge on any atom is 0.170 e. The lowest BCUT2D eigenvalue weighted by molar-refractivity contribution is 0.637. The Labute approximate surface area is 98.8 Å². The van der Waals surface area contributed by atoms with Gasteiger partial charge < -0.3 is 5.32 Å². The molecule has 1 fully saturated rings. The van der Waals surface area contributed by atoms with Crippen LogP contribution in [0.5, 0.6) is 0 Å². The van der Waals surface area contributed by atoms with Crippen molar-refractivity contribution in [1.82, 2.24) is 35.3 Å². The van der Waals surface area contributed by atoms with Crippen LogP contribution in [-0.4, -0.2) is 36.0 Å². The number of tetrazole rings is 1. The summed E-state index contributed by atoms with van der Waals surface area (Å²) in [4.78, 5) is 0. The highest BCUT2D eigenvalue weighted by Gasteiger charge is 2.22. The number of hydrogen-bond donors (Lipinski definition) is 1. The van der Waals surface area contributed by atoms with E-state index in [9.17, 15) is 0 Å². The van der Waals surface area contributed by atoms with E-state index in [1.807, 2.05) is 20.2 Å². The average Bonchev–Trinajstić information content (AvgIpc) is 2.91. The molecule has 2 heterocycles. The summed E-state index contributed by atoms with van der Waals surface area (Å²) in [6.45, 7) is 2.65. The summed E-state index contributed by atoms with van der Waals surface area (Å²) >= 11 is 0. The molecule has 0 spiro atoms. The molecule has 0 bridgehead atoms. The van der Waals surface area contributed by atoms with Gasteiger partial charge in [0.2, 0.25) is 0 Å². The van der Waals surface area contributed by atoms with Gasteiger partial charge in [-0.1, -0.05) is 0 Å². The minimum Gasteiger partial charge on any atom is -0.307 e. The summed E-state index contributed by atoms with van der Waals surface area (Å²) in [5, 5.41) is 19.5. The molecule has 1 aliphatic carbocycles. The molecule has 0 aliphatic heterocycles. The lowest BCUT2D eigenvalue weighted by Crippen LogP contribution is -2.19. The summed E-state index contributed by atoms with van der Waals surface area (Å²) in [7, 11) is 1.89. The fraction of sp³-hybridized carbons (Fsp3) is 0.600. The number of hydrogen-bond acceptors (Lipinski definition) is 5. The largest absolute Gasteiger partial charge is 0.307 e. The predicted molar refractivity (Wildman–Crippen MR) is 60.5 cm³/mol. The first-order valence-corrected chi connectivity index (χ1v) is 5.75. The molecule has 1 N–H and O–H groups in total. The second-order valence-corrected chi connectivity index (χ2v) is 4.44. The van der Waals surface area contributed by atoms with Crippen molar-refractivity contribution in [3.63, 3.8) is 0 Å². The van der Waals surface area contributed by atoms with E-state index in [-0.39, 0.29) is 0 Å². The zero-order chi connectivity index (χ0) is 11.8. The van der Waals surface area contributed by atoms with Crippen molar-refractivity contribution in [2.24, 2.45) is 7.05 Å². The van der Waals surface area contributed by atoms with Gasteiger partial charge in [-0.3, -0.25) is 4.68 Å². The fourth-order valence-corrected chi connectivity index (χ4v) is 1.82. The minimum atomic E-state index is 0.648. The highest BCUT2D eigenvalue weighted by Crippen LogP contribution is 2.19. The molecule has 2 aromatic rings. The Balaban J connectivity index is 1.86. The summed E-state index contributed by atoms with van der Waals surface area (Å²) in [5.41, 5.74) is 1.86. The van der Waals surface area contributed by atoms with Crippen molar-refractivity contribution < 1.29 is 0 Å². The third-order valence-electron chi connectivity index (χ3n) is 2.88. The van der Waals surface area contributed by atoms with E-state index in [1.165, 1.54) is 12.8 Å². The Morgan fingerprint density at radius 3 is 2.94 bits per heavy atom. The van der Waals surface area contributed by atoms with E-state index in [0.29, 0.717) is 12.6 Å². The normalized spacial score (nSPS) is 15.4. The third-order valence-corrected chi connectivity index (χ3v) is 2.88. The van der Waals surface area contributed by atoms with Crippen LogP contribution in [0.1, 0.15) is 24.4 Å². The molecule has 1 aliphatic rings. The van der Waals surface area contributed by atoms with Gasteiger partial charge in [0.1, 0.15) is 5.69 Å². The highest BCUT2D eigenvalue weighted by molar-refractivity contribution is 5.32. The van der Waals surface area contributed by atoms with Gasteiger partial charge in [0.25, 0.3) is 0 Å². The highest BCUT2D eigenvalue weighted by atomic mass is 15.6. The Bertz CT molecular complexity index is 522. The van der Waals surface area contributed by atoms with Gasteiger partial charge in [0, 0.05) is 13.1 Å². The fourth-order valence-electron chi connectivity index (χ4n) is 1.82. The molecule has 17 heavy (non-hydrogen) atoms. The van der Waals surface area contributed by atoms with Crippen molar-refractivity contribution >= 4 is 0 Å². The van der Waals surface area contributed by atoms with Crippen LogP contribution < -0.4 is 5.32 Å². The Kier molecular flexibility index (Phi) is 2.40. The number of aromatic nitrogens is 6. The second kappa shape index (κ2) is 3.92. The zero-order valence-electron chi connectivity index (χ0n) is 9.96. The monoisotopic (exact) mass is 233 g/mol. The molecule has 0 aromatic carbocycles. The summed E-state index contributed by atoms with van der Waals surface area (Å²) < 4.78 is 3.52. The molecule has 2 aromatic heterocycles. The summed E-state index contributed by atoms with van der Waals surface area (Å²) in [6, 6.07) is 0.648. The van der Waals surface area contributed by atoms with Crippen LogP contribution in [-0.2, 0) is 13.6 Å². The number of nitrogens with one attached hydrogen (secondary N) is 1. The molecule has 1 saturated carbocycles. The second-order valence-electron chi connectivity index (χ2n) is 4.44. The summed E-state index contributed by atoms with van der Waals surface area (Å²) in [5.74, 6) is 0.827. The van der Waals surface area contributed by atoms with Crippen LogP contribution in [0.4, 0.5) is 0 Å². The Morgan fingerprint density at radius 1 is 1.47 bits per heavy atom. The van der Waals surface area contributed by atoms with Crippen molar-refractivity contribution in [2.45, 2.75) is 32.4 Å². The van der Waals surface area contributed by atoms with Gasteiger partial charge in [-0.2, -0.15) is 9.78 Å². The molecular weight excluding hydrogens is 218 g/mol. The van der Waals surface area contributed by atoms with Crippen LogP contribution in [0.15, 0.2) is 6.20 Å². The first-order valence-electron chi connectivity index (χ1n) is 5.75. The first-order chi connectivity index (χ1) is 8.24. The summed E-state index contributed by atoms with van der Waals surface area (Å²) in [6.07, 6.45) is 4.44. The Hall–Kier alpha value is -1.76. The molecule has 3 rings (SSSR count). The SMILES string of the molecule is Cc1nn(C)cc1-n1nnnc1CNC1CC1. The molecule has 0 radical (unpaired) electrons. The van der Waals surface area contributed by atoms with Crippen LogP contribution in [0.2, 0.25) is 0 Å². The maximum absolute atomic E-state index is 4.30. The Morgan fingerprint density at radius 2 is 2.29 bits per heavy atom. The molecule has 7 heteroatoms. The number of rotatable bonds is 4. The lowest BCUT2D eigenvalue weighted by Gasteiger charge is -2.03. The van der Waals surface area contributed by atoms with E-state index in [1.54, 1.807) is 9.36 Å². The van der Waals surface area contributed by atoms with Gasteiger partial charge >= 0.3 is 0 Å². The minimum absolute atomic E-state index is 0.648. The van der Waals surface area contributed by atoms with Crippen LogP contribution in [0, 0.1) is 6.92 Å². The van der Waals surface area contributed by atoms with Crippen molar-refractivity contribution in [3.05, 3.63) is 17.7 Å². The predicted octanol–water partition coefficient (Wildman–Crippen LogP) is -0.0438. The topological polar surface area (TPSA) is 73.5 Å². The average molecular weight is 233 g/mol. The van der Waals surface area contributed by atoms with Gasteiger partial charge in [-0.05, 0) is 30.2 Å². The van der Waals surface area contributed by atoms with E-state index in [0.717, 1.165) is 17.2 Å². The number of aryl methyl sites for hydroxylation is 2. The number of nitrogens with zero attached hydrogens (tertiary/aromatic N) is 6. The molecular formula is C10H15N7. The van der Waals surface area contributed by atoms with Crippen molar-refractivity contribution in [1.29, 1.82) is 0 Å². The van der Waals surface area contributed by atoms with Gasteiger partial charge in [0.05, 0.1) is 18.4 Å². The maximum atomic E-state index is 4.30. The van der Waals surface area contributed by atoms with Gasteiger partial charge in [0.15, 0.2) is 5.82 Å². The van der Waals surface area contributed by atoms with Crippen molar-refractivity contribution in [2.75, 3.05) is 0 Å². The van der Waals surface area contributed by atoms with Crippen LogP contribution in [0.3, 0.4) is 0 Å². The van der Waals surface area contributed by atoms with Crippen LogP contribution >= 0.6 is 0 Å². The van der Waals surface area contributed by atoms with E-state index >= 15 is 0 Å². The molecule has 0 saturated heterocycles. The third kappa shape index (κ3) is 2.05. The smallest absolute Gasteiger partial charge is 0.170 e. The standard InChI is InChI=1S/C10H15N7/c1-7-9(6-16(2)13-7)17-10(12-14-15-17)5-11-8-3-4-8/h6,8,11H,3-5H2,1-2H3. The molecule has 0 unspecified atom stereocenters. The quantitative estimate of drug-likeness (QED) is 0.802. The van der Waals surface area contributed by atoms with Gasteiger partial charge in [-0.15, -0.1) is 5.10 Å². The molecule has 0 amide bonds. The van der Waals surface area contributed by atoms with E-state index < -0.39 is 0 Å². The lowest BCUT2D eigenvalue weighted by atomic mass is 10.4. The van der Waals surface area contributed by atoms with E-state index in [4.69, 9.17) is 0 Å². The molecule has 0 atom stereocenters. The van der Waals surface area contributed by atoms with E-state index in [2.05, 4.69) is 25.9 Å². The first kappa shape index (κ1) is 10.4. The van der Waals surface area contributed by atoms with Crippen molar-refractivity contribution in [3.8, 4) is 5.69 Å².